The number of phenols is 1. The molecule has 16 bridgehead atoms. The maximum atomic E-state index is 11.6. The Balaban J connectivity index is 0.000000110. The van der Waals surface area contributed by atoms with Crippen LogP contribution in [0.25, 0.3) is 33.4 Å². The van der Waals surface area contributed by atoms with Gasteiger partial charge in [0.15, 0.2) is 0 Å². The zero-order valence-corrected chi connectivity index (χ0v) is 65.9. The Labute approximate surface area is 649 Å². The van der Waals surface area contributed by atoms with E-state index in [2.05, 4.69) is 144 Å². The summed E-state index contributed by atoms with van der Waals surface area (Å²) in [6, 6.07) is 51.6. The Morgan fingerprint density at radius 1 is 0.346 bits per heavy atom. The summed E-state index contributed by atoms with van der Waals surface area (Å²) in [5.74, 6) is 13.1. The molecule has 16 aliphatic rings. The Hall–Kier alpha value is -7.12. The van der Waals surface area contributed by atoms with E-state index in [1.807, 2.05) is 45.4 Å². The Kier molecular flexibility index (Phi) is 21.4. The van der Waals surface area contributed by atoms with Crippen LogP contribution in [0, 0.1) is 74.6 Å². The molecular weight excluding hydrogens is 1440 g/mol. The van der Waals surface area contributed by atoms with Gasteiger partial charge in [0, 0.05) is 45.1 Å². The second-order valence-electron chi connectivity index (χ2n) is 36.4. The summed E-state index contributed by atoms with van der Waals surface area (Å²) < 4.78 is 23.8. The number of carboxylic acid groups (broad SMARTS) is 2. The molecule has 11 heteroatoms. The van der Waals surface area contributed by atoms with Gasteiger partial charge in [-0.2, -0.15) is 0 Å². The van der Waals surface area contributed by atoms with Crippen molar-refractivity contribution in [3.8, 4) is 56.4 Å². The first-order valence-electron chi connectivity index (χ1n) is 41.2. The smallest absolute Gasteiger partial charge is 0.306 e. The Morgan fingerprint density at radius 2 is 0.598 bits per heavy atom. The first kappa shape index (κ1) is 74.0. The molecule has 0 radical (unpaired) electrons. The number of ether oxygens (including phenoxy) is 4. The molecule has 7 aromatic rings. The molecule has 0 spiro atoms. The molecule has 23 rings (SSSR count). The van der Waals surface area contributed by atoms with E-state index in [0.29, 0.717) is 47.9 Å². The first-order valence-corrected chi connectivity index (χ1v) is 42.3. The van der Waals surface area contributed by atoms with Crippen LogP contribution in [0.3, 0.4) is 0 Å². The van der Waals surface area contributed by atoms with Crippen molar-refractivity contribution < 1.29 is 48.7 Å². The predicted octanol–water partition coefficient (Wildman–Crippen LogP) is 22.5. The molecular formula is C96H113IO10. The number of carboxylic acids is 2. The summed E-state index contributed by atoms with van der Waals surface area (Å²) in [5.41, 5.74) is 17.3. The average molecular weight is 1550 g/mol. The third kappa shape index (κ3) is 15.7. The van der Waals surface area contributed by atoms with Crippen molar-refractivity contribution in [1.82, 2.24) is 0 Å². The van der Waals surface area contributed by atoms with Gasteiger partial charge in [0.05, 0.1) is 27.9 Å². The highest BCUT2D eigenvalue weighted by atomic mass is 127. The minimum absolute atomic E-state index is 0.123. The number of hydrogen-bond acceptors (Lipinski definition) is 8. The van der Waals surface area contributed by atoms with Crippen molar-refractivity contribution in [2.75, 3.05) is 27.9 Å². The summed E-state index contributed by atoms with van der Waals surface area (Å²) >= 11 is 2.44. The summed E-state index contributed by atoms with van der Waals surface area (Å²) in [5, 5.41) is 28.5. The second kappa shape index (κ2) is 31.0. The van der Waals surface area contributed by atoms with E-state index in [4.69, 9.17) is 29.2 Å². The summed E-state index contributed by atoms with van der Waals surface area (Å²) in [6.45, 7) is 2.29. The van der Waals surface area contributed by atoms with Crippen LogP contribution in [0.4, 0.5) is 0 Å². The van der Waals surface area contributed by atoms with Gasteiger partial charge in [-0.1, -0.05) is 91.0 Å². The molecule has 0 heterocycles. The van der Waals surface area contributed by atoms with Gasteiger partial charge in [0.2, 0.25) is 0 Å². The first-order chi connectivity index (χ1) is 51.8. The highest BCUT2D eigenvalue weighted by molar-refractivity contribution is 14.1. The van der Waals surface area contributed by atoms with E-state index < -0.39 is 11.9 Å². The van der Waals surface area contributed by atoms with E-state index in [1.54, 1.807) is 7.11 Å². The number of benzene rings is 7. The lowest BCUT2D eigenvalue weighted by atomic mass is 9.48. The van der Waals surface area contributed by atoms with Crippen molar-refractivity contribution >= 4 is 40.5 Å². The average Bonchev–Trinajstić information content (AvgIpc) is 0.748. The van der Waals surface area contributed by atoms with Crippen LogP contribution in [-0.2, 0) is 60.0 Å². The largest absolute Gasteiger partial charge is 0.508 e. The van der Waals surface area contributed by atoms with Gasteiger partial charge in [0.1, 0.15) is 23.0 Å². The van der Waals surface area contributed by atoms with Gasteiger partial charge >= 0.3 is 17.9 Å². The SMILES string of the molecule is CCOC(=O)CCc1ccc(-c2ccc(OC)c(C34CC5CC(CC(C5)C3)C4)c2)cc1.COc1ccc(-c2ccc(CCC(=O)O)cc2)cc1C12CC3CC(CC(C3)C1)C2.COc1ccc(I)cc1C12CC3CC(CC(C3)C1)C2.O=C(O)CCc1ccc(-c2ccc(O)c(C34CC5CC(CC(C5)C3)C4)c2)cc1. The molecule has 0 aromatic heterocycles. The lowest BCUT2D eigenvalue weighted by molar-refractivity contribution is -0.143. The number of carbonyl (C=O) groups is 3. The monoisotopic (exact) mass is 1550 g/mol. The fourth-order valence-corrected chi connectivity index (χ4v) is 26.7. The molecule has 3 N–H and O–H groups in total. The summed E-state index contributed by atoms with van der Waals surface area (Å²) in [7, 11) is 5.44. The molecule has 0 saturated heterocycles. The molecule has 16 fully saturated rings. The molecule has 16 saturated carbocycles. The van der Waals surface area contributed by atoms with Crippen molar-refractivity contribution in [1.29, 1.82) is 0 Å². The molecule has 16 aliphatic carbocycles. The van der Waals surface area contributed by atoms with Crippen molar-refractivity contribution in [3.05, 3.63) is 188 Å². The number of hydrogen-bond donors (Lipinski definition) is 3. The van der Waals surface area contributed by atoms with Crippen LogP contribution in [0.2, 0.25) is 0 Å². The second-order valence-corrected chi connectivity index (χ2v) is 37.6. The quantitative estimate of drug-likeness (QED) is 0.0497. The van der Waals surface area contributed by atoms with Crippen LogP contribution in [0.1, 0.15) is 219 Å². The Bertz CT molecular complexity index is 4220. The van der Waals surface area contributed by atoms with Gasteiger partial charge in [-0.25, -0.2) is 0 Å². The standard InChI is InChI=1S/C28H34O3.C26H30O3.C25H28O3.C17H21IO/c1-3-31-27(29)11-6-19-4-7-23(8-5-19)24-9-10-26(30-2)25(15-24)28-16-20-12-21(17-28)14-22(13-20)18-28;1-29-24-8-7-22(21-5-2-17(3-6-21)4-9-25(27)28)13-23(24)26-14-18-10-19(15-26)12-20(11-18)16-26;26-23-7-6-21(20-4-1-16(2-5-20)3-8-24(27)28)12-22(23)25-13-17-9-18(14-25)11-19(10-17)15-25;1-19-16-3-2-14(18)7-15(16)17-8-11-4-12(9-17)6-13(5-11)10-17/h4-5,7-10,15,20-22H,3,6,11-14,16-18H2,1-2H3;2-3,5-8,13,18-20H,4,9-12,14-16H2,1H3,(H,27,28);1-2,4-7,12,17-19,26H,3,8-11,13-15H2,(H,27,28);2-3,7,11-13H,4-6,8-10H2,1H3. The lowest BCUT2D eigenvalue weighted by Gasteiger charge is -2.57. The molecule has 0 unspecified atom stereocenters. The number of carbonyl (C=O) groups excluding carboxylic acids is 1. The van der Waals surface area contributed by atoms with Gasteiger partial charge in [-0.05, 0) is 400 Å². The number of esters is 1. The van der Waals surface area contributed by atoms with Crippen molar-refractivity contribution in [2.24, 2.45) is 71.0 Å². The third-order valence-electron chi connectivity index (χ3n) is 29.0. The van der Waals surface area contributed by atoms with Crippen molar-refractivity contribution in [3.63, 3.8) is 0 Å². The van der Waals surface area contributed by atoms with E-state index in [9.17, 15) is 19.5 Å². The van der Waals surface area contributed by atoms with Gasteiger partial charge in [-0.15, -0.1) is 0 Å². The van der Waals surface area contributed by atoms with E-state index in [0.717, 1.165) is 117 Å². The molecule has 107 heavy (non-hydrogen) atoms. The number of phenolic OH excluding ortho intramolecular Hbond substituents is 1. The van der Waals surface area contributed by atoms with Crippen LogP contribution in [0.5, 0.6) is 23.0 Å². The van der Waals surface area contributed by atoms with Gasteiger partial charge in [-0.3, -0.25) is 14.4 Å². The fourth-order valence-electron chi connectivity index (χ4n) is 26.2. The normalized spacial score (nSPS) is 31.3. The zero-order chi connectivity index (χ0) is 73.8. The number of halogens is 1. The number of aromatic hydroxyl groups is 1. The number of aliphatic carboxylic acids is 2. The van der Waals surface area contributed by atoms with Crippen molar-refractivity contribution in [2.45, 2.75) is 221 Å². The third-order valence-corrected chi connectivity index (χ3v) is 29.7. The lowest BCUT2D eigenvalue weighted by Crippen LogP contribution is -2.48. The number of methoxy groups -OCH3 is 3. The molecule has 7 aromatic carbocycles. The Morgan fingerprint density at radius 3 is 0.888 bits per heavy atom. The van der Waals surface area contributed by atoms with E-state index in [-0.39, 0.29) is 24.2 Å². The highest BCUT2D eigenvalue weighted by Crippen LogP contribution is 2.66. The van der Waals surface area contributed by atoms with E-state index in [1.165, 1.54) is 208 Å². The molecule has 0 atom stereocenters. The number of rotatable bonds is 20. The van der Waals surface area contributed by atoms with E-state index >= 15 is 0 Å². The molecule has 10 nitrogen and oxygen atoms in total. The predicted molar refractivity (Wildman–Crippen MR) is 432 cm³/mol. The highest BCUT2D eigenvalue weighted by Gasteiger charge is 2.56. The van der Waals surface area contributed by atoms with Crippen LogP contribution in [0.15, 0.2) is 146 Å². The topological polar surface area (TPSA) is 149 Å². The minimum Gasteiger partial charge on any atom is -0.508 e. The number of aryl methyl sites for hydroxylation is 3. The molecule has 564 valence electrons. The maximum Gasteiger partial charge on any atom is 0.306 e. The maximum absolute atomic E-state index is 11.6. The van der Waals surface area contributed by atoms with Gasteiger partial charge in [0.25, 0.3) is 0 Å². The molecule has 0 aliphatic heterocycles. The zero-order valence-electron chi connectivity index (χ0n) is 63.8. The van der Waals surface area contributed by atoms with Gasteiger partial charge < -0.3 is 34.3 Å². The van der Waals surface area contributed by atoms with Crippen LogP contribution < -0.4 is 14.2 Å². The minimum atomic E-state index is -0.761. The fraction of sp³-hybridized carbons (Fsp3) is 0.531. The van der Waals surface area contributed by atoms with Crippen LogP contribution >= 0.6 is 22.6 Å². The van der Waals surface area contributed by atoms with Crippen LogP contribution in [-0.4, -0.2) is 61.2 Å². The summed E-state index contributed by atoms with van der Waals surface area (Å²) in [4.78, 5) is 33.2. The molecule has 0 amide bonds. The summed E-state index contributed by atoms with van der Waals surface area (Å²) in [6.07, 6.45) is 36.0.